The summed E-state index contributed by atoms with van der Waals surface area (Å²) in [6.07, 6.45) is 5.68. The zero-order valence-corrected chi connectivity index (χ0v) is 13.9. The molecule has 116 valence electrons. The van der Waals surface area contributed by atoms with E-state index in [0.29, 0.717) is 0 Å². The van der Waals surface area contributed by atoms with E-state index < -0.39 is 0 Å². The molecule has 21 heavy (non-hydrogen) atoms. The molecule has 4 nitrogen and oxygen atoms in total. The van der Waals surface area contributed by atoms with E-state index >= 15 is 0 Å². The fraction of sp³-hybridized carbons (Fsp3) is 0.562. The van der Waals surface area contributed by atoms with Crippen molar-refractivity contribution >= 4 is 11.3 Å². The Morgan fingerprint density at radius 2 is 2.29 bits per heavy atom. The molecule has 2 aromatic rings. The molecule has 1 atom stereocenters. The Bertz CT molecular complexity index is 533. The molecular formula is C16H25N3OS. The van der Waals surface area contributed by atoms with E-state index in [4.69, 9.17) is 5.11 Å². The van der Waals surface area contributed by atoms with Crippen LogP contribution in [0.1, 0.15) is 43.4 Å². The highest BCUT2D eigenvalue weighted by Crippen LogP contribution is 2.27. The van der Waals surface area contributed by atoms with Crippen LogP contribution in [0.2, 0.25) is 0 Å². The lowest BCUT2D eigenvalue weighted by Crippen LogP contribution is -2.34. The summed E-state index contributed by atoms with van der Waals surface area (Å²) in [4.78, 5) is 5.78. The highest BCUT2D eigenvalue weighted by atomic mass is 32.1. The van der Waals surface area contributed by atoms with Crippen molar-refractivity contribution in [2.45, 2.75) is 32.7 Å². The molecule has 2 rings (SSSR count). The largest absolute Gasteiger partial charge is 0.396 e. The Morgan fingerprint density at radius 3 is 2.86 bits per heavy atom. The number of aromatic nitrogens is 2. The van der Waals surface area contributed by atoms with Crippen molar-refractivity contribution in [2.24, 2.45) is 12.5 Å². The lowest BCUT2D eigenvalue weighted by Gasteiger charge is -2.28. The summed E-state index contributed by atoms with van der Waals surface area (Å²) < 4.78 is 2.07. The molecule has 2 N–H and O–H groups in total. The van der Waals surface area contributed by atoms with E-state index in [2.05, 4.69) is 46.2 Å². The van der Waals surface area contributed by atoms with Gasteiger partial charge in [0.2, 0.25) is 0 Å². The molecule has 0 radical (unpaired) electrons. The van der Waals surface area contributed by atoms with Crippen molar-refractivity contribution in [1.82, 2.24) is 14.9 Å². The number of rotatable bonds is 8. The molecule has 0 aliphatic carbocycles. The van der Waals surface area contributed by atoms with Crippen LogP contribution in [0.3, 0.4) is 0 Å². The van der Waals surface area contributed by atoms with Gasteiger partial charge in [0.1, 0.15) is 11.9 Å². The number of nitrogens with one attached hydrogen (secondary N) is 1. The van der Waals surface area contributed by atoms with Crippen molar-refractivity contribution in [3.63, 3.8) is 0 Å². The Morgan fingerprint density at radius 1 is 1.48 bits per heavy atom. The fourth-order valence-electron chi connectivity index (χ4n) is 2.45. The first-order chi connectivity index (χ1) is 10.0. The number of aliphatic hydroxyl groups excluding tert-OH is 1. The Hall–Kier alpha value is -1.17. The highest BCUT2D eigenvalue weighted by molar-refractivity contribution is 7.10. The van der Waals surface area contributed by atoms with E-state index in [9.17, 15) is 0 Å². The quantitative estimate of drug-likeness (QED) is 0.788. The van der Waals surface area contributed by atoms with Gasteiger partial charge in [-0.15, -0.1) is 11.3 Å². The molecule has 0 saturated heterocycles. The number of aryl methyl sites for hydroxylation is 1. The van der Waals surface area contributed by atoms with Crippen LogP contribution in [0, 0.1) is 5.41 Å². The Balaban J connectivity index is 2.09. The standard InChI is InChI=1S/C16H25N3OS/c1-16(2,7-5-10-20)12-18-14(13-6-4-11-21-13)15-17-8-9-19(15)3/h4,6,8-9,11,14,18,20H,5,7,10,12H2,1-3H3. The van der Waals surface area contributed by atoms with Gasteiger partial charge in [0.05, 0.1) is 0 Å². The van der Waals surface area contributed by atoms with Crippen LogP contribution in [-0.4, -0.2) is 27.8 Å². The second kappa shape index (κ2) is 7.20. The first kappa shape index (κ1) is 16.2. The van der Waals surface area contributed by atoms with Gasteiger partial charge in [-0.3, -0.25) is 0 Å². The second-order valence-electron chi connectivity index (χ2n) is 6.22. The molecular weight excluding hydrogens is 282 g/mol. The van der Waals surface area contributed by atoms with Crippen LogP contribution < -0.4 is 5.32 Å². The van der Waals surface area contributed by atoms with Crippen molar-refractivity contribution in [3.8, 4) is 0 Å². The molecule has 2 aromatic heterocycles. The summed E-state index contributed by atoms with van der Waals surface area (Å²) in [6.45, 7) is 5.62. The molecule has 0 aromatic carbocycles. The lowest BCUT2D eigenvalue weighted by atomic mass is 9.87. The third-order valence-corrected chi connectivity index (χ3v) is 4.68. The second-order valence-corrected chi connectivity index (χ2v) is 7.20. The van der Waals surface area contributed by atoms with Crippen LogP contribution in [0.25, 0.3) is 0 Å². The molecule has 0 bridgehead atoms. The molecule has 5 heteroatoms. The highest BCUT2D eigenvalue weighted by Gasteiger charge is 2.23. The van der Waals surface area contributed by atoms with Crippen LogP contribution in [0.5, 0.6) is 0 Å². The third kappa shape index (κ3) is 4.40. The Labute approximate surface area is 130 Å². The molecule has 0 saturated carbocycles. The average Bonchev–Trinajstić information content (AvgIpc) is 3.10. The summed E-state index contributed by atoms with van der Waals surface area (Å²) >= 11 is 1.75. The lowest BCUT2D eigenvalue weighted by molar-refractivity contribution is 0.233. The van der Waals surface area contributed by atoms with Gasteiger partial charge in [-0.2, -0.15) is 0 Å². The number of thiophene rings is 1. The molecule has 2 heterocycles. The molecule has 0 aliphatic rings. The maximum Gasteiger partial charge on any atom is 0.131 e. The van der Waals surface area contributed by atoms with Crippen molar-refractivity contribution in [2.75, 3.05) is 13.2 Å². The zero-order valence-electron chi connectivity index (χ0n) is 13.0. The minimum atomic E-state index is 0.124. The molecule has 0 amide bonds. The SMILES string of the molecule is Cn1ccnc1C(NCC(C)(C)CCCO)c1cccs1. The van der Waals surface area contributed by atoms with Gasteiger partial charge in [-0.1, -0.05) is 19.9 Å². The van der Waals surface area contributed by atoms with Crippen LogP contribution in [-0.2, 0) is 7.05 Å². The van der Waals surface area contributed by atoms with Crippen molar-refractivity contribution in [3.05, 3.63) is 40.6 Å². The minimum Gasteiger partial charge on any atom is -0.396 e. The fourth-order valence-corrected chi connectivity index (χ4v) is 3.25. The smallest absolute Gasteiger partial charge is 0.131 e. The van der Waals surface area contributed by atoms with E-state index in [-0.39, 0.29) is 18.1 Å². The summed E-state index contributed by atoms with van der Waals surface area (Å²) in [5, 5.41) is 14.8. The number of aliphatic hydroxyl groups is 1. The monoisotopic (exact) mass is 307 g/mol. The molecule has 0 spiro atoms. The number of nitrogens with zero attached hydrogens (tertiary/aromatic N) is 2. The predicted octanol–water partition coefficient (Wildman–Crippen LogP) is 2.96. The van der Waals surface area contributed by atoms with Crippen LogP contribution in [0.15, 0.2) is 29.9 Å². The third-order valence-electron chi connectivity index (χ3n) is 3.74. The van der Waals surface area contributed by atoms with Crippen LogP contribution in [0.4, 0.5) is 0 Å². The van der Waals surface area contributed by atoms with Crippen molar-refractivity contribution < 1.29 is 5.11 Å². The van der Waals surface area contributed by atoms with Gasteiger partial charge in [-0.05, 0) is 29.7 Å². The Kier molecular flexibility index (Phi) is 5.56. The topological polar surface area (TPSA) is 50.1 Å². The average molecular weight is 307 g/mol. The maximum absolute atomic E-state index is 9.01. The molecule has 0 fully saturated rings. The van der Waals surface area contributed by atoms with E-state index in [1.54, 1.807) is 11.3 Å². The first-order valence-corrected chi connectivity index (χ1v) is 8.26. The van der Waals surface area contributed by atoms with Crippen LogP contribution >= 0.6 is 11.3 Å². The van der Waals surface area contributed by atoms with E-state index in [0.717, 1.165) is 25.2 Å². The predicted molar refractivity (Wildman–Crippen MR) is 87.5 cm³/mol. The van der Waals surface area contributed by atoms with Gasteiger partial charge in [0.15, 0.2) is 0 Å². The number of hydrogen-bond donors (Lipinski definition) is 2. The molecule has 0 aliphatic heterocycles. The van der Waals surface area contributed by atoms with Gasteiger partial charge in [0, 0.05) is 37.5 Å². The molecule has 1 unspecified atom stereocenters. The first-order valence-electron chi connectivity index (χ1n) is 7.38. The van der Waals surface area contributed by atoms with Gasteiger partial charge in [-0.25, -0.2) is 4.98 Å². The summed E-state index contributed by atoms with van der Waals surface area (Å²) in [5.74, 6) is 1.04. The zero-order chi connectivity index (χ0) is 15.3. The van der Waals surface area contributed by atoms with Gasteiger partial charge >= 0.3 is 0 Å². The maximum atomic E-state index is 9.01. The minimum absolute atomic E-state index is 0.124. The summed E-state index contributed by atoms with van der Waals surface area (Å²) in [6, 6.07) is 4.35. The summed E-state index contributed by atoms with van der Waals surface area (Å²) in [7, 11) is 2.03. The summed E-state index contributed by atoms with van der Waals surface area (Å²) in [5.41, 5.74) is 0.156. The van der Waals surface area contributed by atoms with E-state index in [1.807, 2.05) is 19.4 Å². The van der Waals surface area contributed by atoms with E-state index in [1.165, 1.54) is 4.88 Å². The number of imidazole rings is 1. The number of hydrogen-bond acceptors (Lipinski definition) is 4. The normalized spacial score (nSPS) is 13.5. The van der Waals surface area contributed by atoms with Gasteiger partial charge < -0.3 is 15.0 Å². The van der Waals surface area contributed by atoms with Crippen molar-refractivity contribution in [1.29, 1.82) is 0 Å². The van der Waals surface area contributed by atoms with Gasteiger partial charge in [0.25, 0.3) is 0 Å².